The SMILES string of the molecule is CCCCCCCCCCCCCCCCCC[n+]1ccn(CCCCCCCCCCCCCCC)c1CCCCCCCCCCC. The zero-order valence-corrected chi connectivity index (χ0v) is 34.5. The Morgan fingerprint density at radius 1 is 0.347 bits per heavy atom. The third-order valence-electron chi connectivity index (χ3n) is 11.3. The zero-order valence-electron chi connectivity index (χ0n) is 34.5. The highest BCUT2D eigenvalue weighted by Crippen LogP contribution is 2.16. The molecule has 0 aliphatic carbocycles. The normalized spacial score (nSPS) is 11.7. The molecule has 0 amide bonds. The fourth-order valence-electron chi connectivity index (χ4n) is 7.92. The summed E-state index contributed by atoms with van der Waals surface area (Å²) in [7, 11) is 0. The van der Waals surface area contributed by atoms with Crippen molar-refractivity contribution < 1.29 is 4.57 Å². The van der Waals surface area contributed by atoms with Gasteiger partial charge in [0.2, 0.25) is 0 Å². The Bertz CT molecular complexity index is 751. The molecule has 0 aliphatic rings. The molecule has 0 bridgehead atoms. The van der Waals surface area contributed by atoms with E-state index in [9.17, 15) is 0 Å². The van der Waals surface area contributed by atoms with Gasteiger partial charge >= 0.3 is 0 Å². The molecule has 0 aromatic carbocycles. The predicted octanol–water partition coefficient (Wildman–Crippen LogP) is 16.2. The van der Waals surface area contributed by atoms with E-state index >= 15 is 0 Å². The first-order valence-corrected chi connectivity index (χ1v) is 23.4. The number of unbranched alkanes of at least 4 members (excludes halogenated alkanes) is 35. The van der Waals surface area contributed by atoms with Crippen molar-refractivity contribution in [2.24, 2.45) is 0 Å². The summed E-state index contributed by atoms with van der Waals surface area (Å²) in [5.41, 5.74) is 0. The third kappa shape index (κ3) is 30.5. The van der Waals surface area contributed by atoms with Crippen molar-refractivity contribution in [1.29, 1.82) is 0 Å². The van der Waals surface area contributed by atoms with Crippen LogP contribution in [0.15, 0.2) is 12.4 Å². The quantitative estimate of drug-likeness (QED) is 0.0479. The minimum atomic E-state index is 1.23. The molecule has 0 fully saturated rings. The molecular weight excluding hydrogens is 593 g/mol. The summed E-state index contributed by atoms with van der Waals surface area (Å²) in [5, 5.41) is 0. The van der Waals surface area contributed by atoms with E-state index in [-0.39, 0.29) is 0 Å². The number of hydrogen-bond donors (Lipinski definition) is 0. The van der Waals surface area contributed by atoms with Crippen LogP contribution in [0.3, 0.4) is 0 Å². The summed E-state index contributed by atoms with van der Waals surface area (Å²) in [6, 6.07) is 0. The standard InChI is InChI=1S/C47H93N2/c1-4-7-10-13-16-19-21-23-24-25-27-29-32-35-38-41-44-49-46-45-48(47(49)42-39-36-33-30-18-15-12-9-6-3)43-40-37-34-31-28-26-22-20-17-14-11-8-5-2/h45-46H,4-44H2,1-3H3/q+1. The van der Waals surface area contributed by atoms with Gasteiger partial charge in [0, 0.05) is 6.42 Å². The van der Waals surface area contributed by atoms with Gasteiger partial charge < -0.3 is 0 Å². The number of aromatic nitrogens is 2. The second kappa shape index (κ2) is 38.4. The minimum absolute atomic E-state index is 1.23. The van der Waals surface area contributed by atoms with Crippen LogP contribution in [0, 0.1) is 0 Å². The van der Waals surface area contributed by atoms with Gasteiger partial charge in [0.1, 0.15) is 12.4 Å². The van der Waals surface area contributed by atoms with Crippen molar-refractivity contribution in [3.05, 3.63) is 18.2 Å². The second-order valence-electron chi connectivity index (χ2n) is 16.2. The maximum Gasteiger partial charge on any atom is 0.256 e. The molecule has 1 heterocycles. The molecule has 1 aromatic rings. The fourth-order valence-corrected chi connectivity index (χ4v) is 7.92. The Morgan fingerprint density at radius 2 is 0.633 bits per heavy atom. The monoisotopic (exact) mass is 686 g/mol. The van der Waals surface area contributed by atoms with Crippen LogP contribution in [0.2, 0.25) is 0 Å². The van der Waals surface area contributed by atoms with Crippen LogP contribution in [-0.2, 0) is 19.5 Å². The average Bonchev–Trinajstić information content (AvgIpc) is 3.50. The van der Waals surface area contributed by atoms with E-state index < -0.39 is 0 Å². The van der Waals surface area contributed by atoms with E-state index in [1.54, 1.807) is 5.82 Å². The smallest absolute Gasteiger partial charge is 0.234 e. The summed E-state index contributed by atoms with van der Waals surface area (Å²) in [6.07, 6.45) is 60.8. The molecule has 290 valence electrons. The van der Waals surface area contributed by atoms with Crippen molar-refractivity contribution >= 4 is 0 Å². The topological polar surface area (TPSA) is 8.81 Å². The van der Waals surface area contributed by atoms with Gasteiger partial charge in [0.25, 0.3) is 5.82 Å². The molecule has 0 unspecified atom stereocenters. The molecule has 0 saturated heterocycles. The Hall–Kier alpha value is -0.790. The molecule has 0 radical (unpaired) electrons. The van der Waals surface area contributed by atoms with Gasteiger partial charge in [0.15, 0.2) is 0 Å². The molecule has 0 atom stereocenters. The molecular formula is C47H93N2+. The molecule has 0 aliphatic heterocycles. The maximum absolute atomic E-state index is 2.65. The van der Waals surface area contributed by atoms with Crippen molar-refractivity contribution in [2.45, 2.75) is 284 Å². The van der Waals surface area contributed by atoms with Crippen molar-refractivity contribution in [3.8, 4) is 0 Å². The van der Waals surface area contributed by atoms with Crippen LogP contribution < -0.4 is 4.57 Å². The van der Waals surface area contributed by atoms with Crippen molar-refractivity contribution in [3.63, 3.8) is 0 Å². The number of imidazole rings is 1. The lowest BCUT2D eigenvalue weighted by Crippen LogP contribution is -2.37. The van der Waals surface area contributed by atoms with Crippen molar-refractivity contribution in [1.82, 2.24) is 4.57 Å². The Balaban J connectivity index is 2.23. The summed E-state index contributed by atoms with van der Waals surface area (Å²) in [6.45, 7) is 9.41. The molecule has 2 nitrogen and oxygen atoms in total. The Kier molecular flexibility index (Phi) is 36.3. The molecule has 0 spiro atoms. The van der Waals surface area contributed by atoms with E-state index in [0.717, 1.165) is 0 Å². The lowest BCUT2D eigenvalue weighted by Gasteiger charge is -2.07. The molecule has 1 rings (SSSR count). The van der Waals surface area contributed by atoms with Gasteiger partial charge in [-0.3, -0.25) is 0 Å². The first-order valence-electron chi connectivity index (χ1n) is 23.4. The molecule has 0 saturated carbocycles. The molecule has 49 heavy (non-hydrogen) atoms. The molecule has 2 heteroatoms. The number of aryl methyl sites for hydroxylation is 2. The summed E-state index contributed by atoms with van der Waals surface area (Å²) in [4.78, 5) is 0. The summed E-state index contributed by atoms with van der Waals surface area (Å²) < 4.78 is 5.30. The van der Waals surface area contributed by atoms with Crippen LogP contribution in [0.5, 0.6) is 0 Å². The number of hydrogen-bond acceptors (Lipinski definition) is 0. The third-order valence-corrected chi connectivity index (χ3v) is 11.3. The van der Waals surface area contributed by atoms with Gasteiger partial charge in [-0.05, 0) is 32.1 Å². The van der Waals surface area contributed by atoms with E-state index in [0.29, 0.717) is 0 Å². The summed E-state index contributed by atoms with van der Waals surface area (Å²) in [5.74, 6) is 1.63. The largest absolute Gasteiger partial charge is 0.256 e. The van der Waals surface area contributed by atoms with Crippen LogP contribution in [0.25, 0.3) is 0 Å². The first-order chi connectivity index (χ1) is 24.3. The van der Waals surface area contributed by atoms with Crippen molar-refractivity contribution in [2.75, 3.05) is 0 Å². The maximum atomic E-state index is 2.65. The average molecular weight is 686 g/mol. The number of nitrogens with zero attached hydrogens (tertiary/aromatic N) is 2. The Labute approximate surface area is 310 Å². The van der Waals surface area contributed by atoms with Crippen LogP contribution in [0.1, 0.15) is 271 Å². The van der Waals surface area contributed by atoms with Gasteiger partial charge in [0.05, 0.1) is 13.1 Å². The van der Waals surface area contributed by atoms with Crippen LogP contribution in [-0.4, -0.2) is 4.57 Å². The first kappa shape index (κ1) is 46.2. The number of rotatable bonds is 41. The molecule has 1 aromatic heterocycles. The van der Waals surface area contributed by atoms with Crippen LogP contribution in [0.4, 0.5) is 0 Å². The van der Waals surface area contributed by atoms with Gasteiger partial charge in [-0.25, -0.2) is 9.13 Å². The van der Waals surface area contributed by atoms with E-state index in [1.807, 2.05) is 0 Å². The van der Waals surface area contributed by atoms with E-state index in [4.69, 9.17) is 0 Å². The van der Waals surface area contributed by atoms with Gasteiger partial charge in [-0.2, -0.15) is 0 Å². The second-order valence-corrected chi connectivity index (χ2v) is 16.2. The van der Waals surface area contributed by atoms with E-state index in [1.165, 1.54) is 264 Å². The van der Waals surface area contributed by atoms with Crippen LogP contribution >= 0.6 is 0 Å². The Morgan fingerprint density at radius 3 is 0.980 bits per heavy atom. The van der Waals surface area contributed by atoms with Gasteiger partial charge in [-0.1, -0.05) is 233 Å². The van der Waals surface area contributed by atoms with Gasteiger partial charge in [-0.15, -0.1) is 0 Å². The fraction of sp³-hybridized carbons (Fsp3) is 0.936. The highest BCUT2D eigenvalue weighted by atomic mass is 15.1. The predicted molar refractivity (Wildman–Crippen MR) is 221 cm³/mol. The zero-order chi connectivity index (χ0) is 35.1. The minimum Gasteiger partial charge on any atom is -0.234 e. The molecule has 0 N–H and O–H groups in total. The lowest BCUT2D eigenvalue weighted by atomic mass is 10.0. The lowest BCUT2D eigenvalue weighted by molar-refractivity contribution is -0.704. The highest BCUT2D eigenvalue weighted by molar-refractivity contribution is 4.84. The summed E-state index contributed by atoms with van der Waals surface area (Å²) >= 11 is 0. The van der Waals surface area contributed by atoms with E-state index in [2.05, 4.69) is 42.3 Å². The highest BCUT2D eigenvalue weighted by Gasteiger charge is 2.16.